The van der Waals surface area contributed by atoms with Crippen LogP contribution in [0.25, 0.3) is 0 Å². The molecule has 1 rings (SSSR count). The van der Waals surface area contributed by atoms with Crippen molar-refractivity contribution < 1.29 is 19.1 Å². The number of Topliss-reactive ketones (excluding diaryl/α,β-unsaturated/α-hetero) is 1. The van der Waals surface area contributed by atoms with Gasteiger partial charge in [0.2, 0.25) is 11.7 Å². The summed E-state index contributed by atoms with van der Waals surface area (Å²) in [4.78, 5) is 41.0. The second-order valence-electron chi connectivity index (χ2n) is 4.24. The summed E-state index contributed by atoms with van der Waals surface area (Å²) in [5.41, 5.74) is 0. The number of nitrogens with one attached hydrogen (secondary N) is 1. The van der Waals surface area contributed by atoms with Crippen molar-refractivity contribution in [3.63, 3.8) is 0 Å². The van der Waals surface area contributed by atoms with Crippen molar-refractivity contribution in [3.05, 3.63) is 24.3 Å². The van der Waals surface area contributed by atoms with E-state index in [0.717, 1.165) is 0 Å². The highest BCUT2D eigenvalue weighted by atomic mass is 16.5. The van der Waals surface area contributed by atoms with Crippen LogP contribution >= 0.6 is 0 Å². The Bertz CT molecular complexity index is 463. The van der Waals surface area contributed by atoms with Gasteiger partial charge in [0.15, 0.2) is 12.4 Å². The number of nitrogens with zero attached hydrogens (tertiary/aromatic N) is 2. The highest BCUT2D eigenvalue weighted by Gasteiger charge is 2.17. The molecule has 0 spiro atoms. The van der Waals surface area contributed by atoms with E-state index < -0.39 is 24.4 Å². The number of esters is 1. The van der Waals surface area contributed by atoms with E-state index in [4.69, 9.17) is 4.74 Å². The molecule has 0 saturated carbocycles. The molecule has 0 bridgehead atoms. The Morgan fingerprint density at radius 2 is 1.76 bits per heavy atom. The monoisotopic (exact) mass is 295 g/mol. The number of ether oxygens (including phenoxy) is 1. The Morgan fingerprint density at radius 1 is 1.24 bits per heavy atom. The second-order valence-corrected chi connectivity index (χ2v) is 4.24. The van der Waals surface area contributed by atoms with Crippen LogP contribution in [0, 0.1) is 0 Å². The summed E-state index contributed by atoms with van der Waals surface area (Å²) in [7, 11) is 0. The summed E-state index contributed by atoms with van der Waals surface area (Å²) in [6, 6.07) is 0.854. The average Bonchev–Trinajstić information content (AvgIpc) is 2.45. The minimum Gasteiger partial charge on any atom is -0.452 e. The molecule has 0 aliphatic heterocycles. The molecule has 116 valence electrons. The van der Waals surface area contributed by atoms with Crippen LogP contribution in [0.1, 0.15) is 44.7 Å². The summed E-state index contributed by atoms with van der Waals surface area (Å²) >= 11 is 0. The summed E-state index contributed by atoms with van der Waals surface area (Å²) in [5.74, 6) is -1.63. The molecule has 1 amide bonds. The van der Waals surface area contributed by atoms with Gasteiger partial charge in [0.1, 0.15) is 0 Å². The zero-order valence-electron chi connectivity index (χ0n) is 12.8. The lowest BCUT2D eigenvalue weighted by molar-refractivity contribution is -0.128. The van der Waals surface area contributed by atoms with Crippen LogP contribution in [0.3, 0.4) is 0 Å². The number of amides is 1. The van der Waals surface area contributed by atoms with Gasteiger partial charge in [-0.25, -0.2) is 14.8 Å². The first-order chi connectivity index (χ1) is 9.92. The van der Waals surface area contributed by atoms with Crippen LogP contribution in [-0.2, 0) is 14.3 Å². The van der Waals surface area contributed by atoms with Gasteiger partial charge >= 0.3 is 5.97 Å². The molecule has 1 aromatic heterocycles. The van der Waals surface area contributed by atoms with Crippen molar-refractivity contribution in [1.29, 1.82) is 0 Å². The third-order valence-electron chi connectivity index (χ3n) is 2.00. The topological polar surface area (TPSA) is 98.2 Å². The molecule has 7 nitrogen and oxygen atoms in total. The molecule has 0 fully saturated rings. The Kier molecular flexibility index (Phi) is 9.32. The van der Waals surface area contributed by atoms with Crippen molar-refractivity contribution in [2.45, 2.75) is 40.2 Å². The van der Waals surface area contributed by atoms with E-state index in [0.29, 0.717) is 0 Å². The van der Waals surface area contributed by atoms with Crippen LogP contribution in [0.2, 0.25) is 0 Å². The fourth-order valence-corrected chi connectivity index (χ4v) is 1.12. The SMILES string of the molecule is CC(=O)N[C@@H](C)C(=O)COC(=O)c1ncccn1.CCC. The van der Waals surface area contributed by atoms with Crippen molar-refractivity contribution in [3.8, 4) is 0 Å². The maximum Gasteiger partial charge on any atom is 0.376 e. The molecule has 0 unspecified atom stereocenters. The van der Waals surface area contributed by atoms with Gasteiger partial charge in [-0.05, 0) is 13.0 Å². The van der Waals surface area contributed by atoms with Crippen molar-refractivity contribution >= 4 is 17.7 Å². The fourth-order valence-electron chi connectivity index (χ4n) is 1.12. The van der Waals surface area contributed by atoms with Crippen molar-refractivity contribution in [2.24, 2.45) is 0 Å². The van der Waals surface area contributed by atoms with E-state index in [-0.39, 0.29) is 11.7 Å². The Hall–Kier alpha value is -2.31. The Balaban J connectivity index is 0.00000122. The van der Waals surface area contributed by atoms with Gasteiger partial charge in [0, 0.05) is 19.3 Å². The van der Waals surface area contributed by atoms with Crippen molar-refractivity contribution in [1.82, 2.24) is 15.3 Å². The standard InChI is InChI=1S/C11H13N3O4.C3H8/c1-7(14-8(2)15)9(16)6-18-11(17)10-12-4-3-5-13-10;1-3-2/h3-5,7H,6H2,1-2H3,(H,14,15);3H2,1-2H3/t7-;/m0./s1. The minimum absolute atomic E-state index is 0.113. The molecule has 0 aliphatic carbocycles. The number of aromatic nitrogens is 2. The Labute approximate surface area is 124 Å². The van der Waals surface area contributed by atoms with Crippen LogP contribution in [0.5, 0.6) is 0 Å². The van der Waals surface area contributed by atoms with Crippen molar-refractivity contribution in [2.75, 3.05) is 6.61 Å². The summed E-state index contributed by atoms with van der Waals surface area (Å²) in [6.07, 6.45) is 4.04. The van der Waals surface area contributed by atoms with E-state index in [1.165, 1.54) is 32.7 Å². The molecular weight excluding hydrogens is 274 g/mol. The largest absolute Gasteiger partial charge is 0.452 e. The zero-order chi connectivity index (χ0) is 16.3. The Morgan fingerprint density at radius 3 is 2.24 bits per heavy atom. The van der Waals surface area contributed by atoms with E-state index in [9.17, 15) is 14.4 Å². The van der Waals surface area contributed by atoms with Gasteiger partial charge in [0.25, 0.3) is 0 Å². The summed E-state index contributed by atoms with van der Waals surface area (Å²) in [5, 5.41) is 2.39. The quantitative estimate of drug-likeness (QED) is 0.818. The van der Waals surface area contributed by atoms with Gasteiger partial charge < -0.3 is 10.1 Å². The van der Waals surface area contributed by atoms with Gasteiger partial charge in [-0.15, -0.1) is 0 Å². The number of carbonyl (C=O) groups is 3. The predicted octanol–water partition coefficient (Wildman–Crippen LogP) is 1.14. The van der Waals surface area contributed by atoms with E-state index in [2.05, 4.69) is 29.1 Å². The number of hydrogen-bond acceptors (Lipinski definition) is 6. The normalized spacial score (nSPS) is 10.7. The molecule has 1 N–H and O–H groups in total. The third-order valence-corrected chi connectivity index (χ3v) is 2.00. The van der Waals surface area contributed by atoms with Gasteiger partial charge in [-0.2, -0.15) is 0 Å². The molecule has 0 saturated heterocycles. The molecular formula is C14H21N3O4. The van der Waals surface area contributed by atoms with Crippen LogP contribution in [0.15, 0.2) is 18.5 Å². The lowest BCUT2D eigenvalue weighted by Gasteiger charge is -2.10. The maximum atomic E-state index is 11.5. The highest BCUT2D eigenvalue weighted by Crippen LogP contribution is 1.94. The molecule has 1 heterocycles. The van der Waals surface area contributed by atoms with Gasteiger partial charge in [-0.1, -0.05) is 20.3 Å². The third kappa shape index (κ3) is 8.46. The van der Waals surface area contributed by atoms with Gasteiger partial charge in [0.05, 0.1) is 6.04 Å². The average molecular weight is 295 g/mol. The number of ketones is 1. The second kappa shape index (κ2) is 10.5. The van der Waals surface area contributed by atoms with Crippen LogP contribution in [0.4, 0.5) is 0 Å². The molecule has 0 radical (unpaired) electrons. The maximum absolute atomic E-state index is 11.5. The molecule has 1 aromatic rings. The first kappa shape index (κ1) is 18.7. The highest BCUT2D eigenvalue weighted by molar-refractivity contribution is 5.92. The summed E-state index contributed by atoms with van der Waals surface area (Å²) < 4.78 is 4.73. The molecule has 21 heavy (non-hydrogen) atoms. The zero-order valence-corrected chi connectivity index (χ0v) is 12.8. The minimum atomic E-state index is -0.779. The predicted molar refractivity (Wildman–Crippen MR) is 76.6 cm³/mol. The smallest absolute Gasteiger partial charge is 0.376 e. The first-order valence-corrected chi connectivity index (χ1v) is 6.66. The number of hydrogen-bond donors (Lipinski definition) is 1. The summed E-state index contributed by atoms with van der Waals surface area (Å²) in [6.45, 7) is 6.63. The van der Waals surface area contributed by atoms with Crippen LogP contribution < -0.4 is 5.32 Å². The lowest BCUT2D eigenvalue weighted by Crippen LogP contribution is -2.39. The van der Waals surface area contributed by atoms with E-state index >= 15 is 0 Å². The van der Waals surface area contributed by atoms with Gasteiger partial charge in [-0.3, -0.25) is 9.59 Å². The fraction of sp³-hybridized carbons (Fsp3) is 0.500. The van der Waals surface area contributed by atoms with E-state index in [1.807, 2.05) is 0 Å². The molecule has 1 atom stereocenters. The molecule has 7 heteroatoms. The lowest BCUT2D eigenvalue weighted by atomic mass is 10.2. The van der Waals surface area contributed by atoms with E-state index in [1.54, 1.807) is 6.07 Å². The number of rotatable bonds is 5. The first-order valence-electron chi connectivity index (χ1n) is 6.66. The molecule has 0 aromatic carbocycles. The van der Waals surface area contributed by atoms with Crippen LogP contribution in [-0.4, -0.2) is 40.3 Å². The molecule has 0 aliphatic rings. The number of carbonyl (C=O) groups excluding carboxylic acids is 3.